The average Bonchev–Trinajstić information content (AvgIpc) is 3.24. The maximum absolute atomic E-state index is 5.54. The van der Waals surface area contributed by atoms with Crippen molar-refractivity contribution in [3.05, 3.63) is 15.6 Å². The molecule has 0 aromatic carbocycles. The molecule has 0 bridgehead atoms. The number of halogens is 1. The first-order chi connectivity index (χ1) is 12.1. The van der Waals surface area contributed by atoms with Crippen molar-refractivity contribution in [2.45, 2.75) is 32.4 Å². The van der Waals surface area contributed by atoms with E-state index in [0.29, 0.717) is 0 Å². The van der Waals surface area contributed by atoms with Gasteiger partial charge in [0.15, 0.2) is 5.96 Å². The Labute approximate surface area is 182 Å². The van der Waals surface area contributed by atoms with Gasteiger partial charge in [0.2, 0.25) is 0 Å². The minimum Gasteiger partial charge on any atom is -0.379 e. The molecule has 0 amide bonds. The van der Waals surface area contributed by atoms with Crippen LogP contribution in [0.1, 0.15) is 22.0 Å². The topological polar surface area (TPSA) is 61.8 Å². The van der Waals surface area contributed by atoms with Crippen LogP contribution in [-0.4, -0.2) is 72.8 Å². The molecule has 2 aliphatic rings. The van der Waals surface area contributed by atoms with Crippen molar-refractivity contribution < 1.29 is 4.74 Å². The second-order valence-corrected chi connectivity index (χ2v) is 9.05. The number of aliphatic imine (C=N–C) groups is 1. The summed E-state index contributed by atoms with van der Waals surface area (Å²) in [5.41, 5.74) is 1.35. The van der Waals surface area contributed by atoms with Gasteiger partial charge in [-0.1, -0.05) is 0 Å². The third-order valence-corrected chi connectivity index (χ3v) is 7.36. The van der Waals surface area contributed by atoms with Crippen LogP contribution in [0.25, 0.3) is 0 Å². The summed E-state index contributed by atoms with van der Waals surface area (Å²) in [5, 5.41) is 8.08. The van der Waals surface area contributed by atoms with Crippen molar-refractivity contribution in [2.75, 3.05) is 51.4 Å². The maximum Gasteiger partial charge on any atom is 0.191 e. The highest BCUT2D eigenvalue weighted by molar-refractivity contribution is 14.0. The first-order valence-corrected chi connectivity index (χ1v) is 10.9. The van der Waals surface area contributed by atoms with E-state index in [0.717, 1.165) is 56.1 Å². The van der Waals surface area contributed by atoms with Gasteiger partial charge in [-0.3, -0.25) is 9.89 Å². The molecule has 2 fully saturated rings. The number of aromatic nitrogens is 1. The number of aryl methyl sites for hydroxylation is 2. The lowest BCUT2D eigenvalue weighted by Gasteiger charge is -2.43. The van der Waals surface area contributed by atoms with E-state index in [1.165, 1.54) is 22.8 Å². The van der Waals surface area contributed by atoms with E-state index in [2.05, 4.69) is 51.1 Å². The quantitative estimate of drug-likeness (QED) is 0.360. The normalized spacial score (nSPS) is 24.3. The fraction of sp³-hybridized carbons (Fsp3) is 0.765. The molecule has 2 N–H and O–H groups in total. The first-order valence-electron chi connectivity index (χ1n) is 8.91. The Bertz CT molecular complexity index is 578. The largest absolute Gasteiger partial charge is 0.379 e. The summed E-state index contributed by atoms with van der Waals surface area (Å²) in [6.45, 7) is 9.59. The van der Waals surface area contributed by atoms with Crippen molar-refractivity contribution in [1.29, 1.82) is 0 Å². The molecule has 0 radical (unpaired) electrons. The molecule has 148 valence electrons. The molecule has 1 unspecified atom stereocenters. The minimum absolute atomic E-state index is 0. The predicted octanol–water partition coefficient (Wildman–Crippen LogP) is 2.25. The van der Waals surface area contributed by atoms with E-state index in [9.17, 15) is 0 Å². The molecule has 6 nitrogen and oxygen atoms in total. The van der Waals surface area contributed by atoms with Gasteiger partial charge in [-0.25, -0.2) is 4.98 Å². The monoisotopic (exact) mass is 511 g/mol. The number of nitrogens with zero attached hydrogens (tertiary/aromatic N) is 3. The number of guanidine groups is 1. The zero-order valence-corrected chi connectivity index (χ0v) is 19.8. The highest BCUT2D eigenvalue weighted by Crippen LogP contribution is 2.33. The van der Waals surface area contributed by atoms with Crippen LogP contribution in [0.4, 0.5) is 0 Å². The zero-order valence-electron chi connectivity index (χ0n) is 15.8. The number of nitrogens with one attached hydrogen (secondary N) is 2. The highest BCUT2D eigenvalue weighted by atomic mass is 127. The van der Waals surface area contributed by atoms with Gasteiger partial charge in [-0.15, -0.1) is 35.3 Å². The zero-order chi connectivity index (χ0) is 17.7. The van der Waals surface area contributed by atoms with Crippen molar-refractivity contribution in [2.24, 2.45) is 4.99 Å². The third-order valence-electron chi connectivity index (χ3n) is 5.05. The molecule has 9 heteroatoms. The van der Waals surface area contributed by atoms with Crippen molar-refractivity contribution in [3.63, 3.8) is 0 Å². The van der Waals surface area contributed by atoms with Crippen LogP contribution in [-0.2, 0) is 11.3 Å². The molecule has 1 atom stereocenters. The van der Waals surface area contributed by atoms with Gasteiger partial charge in [0.05, 0.1) is 25.5 Å². The number of hydrogen-bond acceptors (Lipinski definition) is 6. The van der Waals surface area contributed by atoms with Gasteiger partial charge in [-0.05, 0) is 26.0 Å². The summed E-state index contributed by atoms with van der Waals surface area (Å²) < 4.78 is 5.54. The Morgan fingerprint density at radius 1 is 1.31 bits per heavy atom. The summed E-state index contributed by atoms with van der Waals surface area (Å²) in [6.07, 6.45) is 1.23. The van der Waals surface area contributed by atoms with Crippen LogP contribution in [0.5, 0.6) is 0 Å². The lowest BCUT2D eigenvalue weighted by molar-refractivity contribution is -0.0120. The van der Waals surface area contributed by atoms with Gasteiger partial charge in [-0.2, -0.15) is 11.8 Å². The molecule has 2 saturated heterocycles. The van der Waals surface area contributed by atoms with Gasteiger partial charge in [0, 0.05) is 42.9 Å². The van der Waals surface area contributed by atoms with Gasteiger partial charge >= 0.3 is 0 Å². The van der Waals surface area contributed by atoms with E-state index in [1.807, 2.05) is 7.05 Å². The van der Waals surface area contributed by atoms with E-state index >= 15 is 0 Å². The number of ether oxygens (including phenoxy) is 1. The Balaban J connectivity index is 0.00000243. The molecular formula is C17H30IN5OS2. The van der Waals surface area contributed by atoms with Crippen LogP contribution in [0, 0.1) is 13.8 Å². The highest BCUT2D eigenvalue weighted by Gasteiger charge is 2.40. The SMILES string of the molecule is CN=C(NCc1nc(C)c(C)s1)NCC1(N2CCOCC2)CCSC1.I. The minimum atomic E-state index is 0. The van der Waals surface area contributed by atoms with Gasteiger partial charge < -0.3 is 15.4 Å². The van der Waals surface area contributed by atoms with Gasteiger partial charge in [0.1, 0.15) is 5.01 Å². The summed E-state index contributed by atoms with van der Waals surface area (Å²) in [4.78, 5) is 12.9. The fourth-order valence-electron chi connectivity index (χ4n) is 3.38. The van der Waals surface area contributed by atoms with Crippen LogP contribution >= 0.6 is 47.1 Å². The Morgan fingerprint density at radius 3 is 2.65 bits per heavy atom. The molecule has 3 heterocycles. The van der Waals surface area contributed by atoms with E-state index in [-0.39, 0.29) is 29.5 Å². The van der Waals surface area contributed by atoms with E-state index < -0.39 is 0 Å². The molecule has 3 rings (SSSR count). The second-order valence-electron chi connectivity index (χ2n) is 6.65. The molecule has 0 saturated carbocycles. The van der Waals surface area contributed by atoms with Crippen LogP contribution < -0.4 is 10.6 Å². The summed E-state index contributed by atoms with van der Waals surface area (Å²) in [7, 11) is 1.83. The smallest absolute Gasteiger partial charge is 0.191 e. The lowest BCUT2D eigenvalue weighted by Crippen LogP contribution is -2.60. The van der Waals surface area contributed by atoms with Crippen molar-refractivity contribution in [3.8, 4) is 0 Å². The van der Waals surface area contributed by atoms with Crippen molar-refractivity contribution >= 4 is 53.0 Å². The van der Waals surface area contributed by atoms with Gasteiger partial charge in [0.25, 0.3) is 0 Å². The van der Waals surface area contributed by atoms with E-state index in [4.69, 9.17) is 4.74 Å². The fourth-order valence-corrected chi connectivity index (χ4v) is 5.73. The van der Waals surface area contributed by atoms with E-state index in [1.54, 1.807) is 11.3 Å². The molecule has 26 heavy (non-hydrogen) atoms. The number of thioether (sulfide) groups is 1. The molecule has 1 aromatic rings. The number of hydrogen-bond donors (Lipinski definition) is 2. The molecule has 1 aromatic heterocycles. The standard InChI is InChI=1S/C17H29N5OS2.HI/c1-13-14(2)25-15(21-13)10-19-16(18-3)20-11-17(4-9-24-12-17)22-5-7-23-8-6-22;/h4-12H2,1-3H3,(H2,18,19,20);1H. The number of rotatable bonds is 5. The summed E-state index contributed by atoms with van der Waals surface area (Å²) in [5.74, 6) is 3.28. The van der Waals surface area contributed by atoms with Crippen molar-refractivity contribution in [1.82, 2.24) is 20.5 Å². The lowest BCUT2D eigenvalue weighted by atomic mass is 9.95. The van der Waals surface area contributed by atoms with Crippen LogP contribution in [0.2, 0.25) is 0 Å². The first kappa shape index (κ1) is 22.2. The summed E-state index contributed by atoms with van der Waals surface area (Å²) >= 11 is 3.81. The number of morpholine rings is 1. The molecule has 0 aliphatic carbocycles. The Kier molecular flexibility index (Phi) is 8.92. The third kappa shape index (κ3) is 5.46. The predicted molar refractivity (Wildman–Crippen MR) is 122 cm³/mol. The number of thiazole rings is 1. The Morgan fingerprint density at radius 2 is 2.08 bits per heavy atom. The van der Waals surface area contributed by atoms with Crippen LogP contribution in [0.3, 0.4) is 0 Å². The average molecular weight is 511 g/mol. The second kappa shape index (κ2) is 10.4. The van der Waals surface area contributed by atoms with Crippen LogP contribution in [0.15, 0.2) is 4.99 Å². The molecule has 2 aliphatic heterocycles. The Hall–Kier alpha value is -0.100. The molecule has 0 spiro atoms. The summed E-state index contributed by atoms with van der Waals surface area (Å²) in [6, 6.07) is 0. The molecular weight excluding hydrogens is 481 g/mol. The maximum atomic E-state index is 5.54.